The van der Waals surface area contributed by atoms with Crippen molar-refractivity contribution in [3.05, 3.63) is 0 Å². The second kappa shape index (κ2) is 6.04. The van der Waals surface area contributed by atoms with E-state index in [0.29, 0.717) is 12.1 Å². The highest BCUT2D eigenvalue weighted by Crippen LogP contribution is 2.03. The van der Waals surface area contributed by atoms with Crippen LogP contribution in [0.15, 0.2) is 0 Å². The predicted octanol–water partition coefficient (Wildman–Crippen LogP) is 1.60. The van der Waals surface area contributed by atoms with Gasteiger partial charge in [0.15, 0.2) is 0 Å². The molecule has 11 heavy (non-hydrogen) atoms. The van der Waals surface area contributed by atoms with Crippen LogP contribution < -0.4 is 0 Å². The minimum absolute atomic E-state index is 0.333. The molecule has 0 bridgehead atoms. The van der Waals surface area contributed by atoms with Gasteiger partial charge in [-0.15, -0.1) is 0 Å². The molecule has 0 aromatic carbocycles. The van der Waals surface area contributed by atoms with Crippen molar-refractivity contribution in [3.8, 4) is 0 Å². The summed E-state index contributed by atoms with van der Waals surface area (Å²) in [4.78, 5) is 0. The number of hydrogen-bond acceptors (Lipinski definition) is 3. The average molecular weight is 156 g/mol. The molecule has 64 valence electrons. The van der Waals surface area contributed by atoms with E-state index in [9.17, 15) is 0 Å². The Labute approximate surface area is 67.5 Å². The second-order valence-electron chi connectivity index (χ2n) is 2.69. The summed E-state index contributed by atoms with van der Waals surface area (Å²) in [7, 11) is 0. The van der Waals surface area contributed by atoms with Crippen LogP contribution in [0.5, 0.6) is 0 Å². The lowest BCUT2D eigenvalue weighted by Gasteiger charge is -2.06. The summed E-state index contributed by atoms with van der Waals surface area (Å²) in [6, 6.07) is 0. The van der Waals surface area contributed by atoms with Crippen molar-refractivity contribution in [2.75, 3.05) is 0 Å². The highest BCUT2D eigenvalue weighted by atomic mass is 16.3. The molecule has 0 amide bonds. The van der Waals surface area contributed by atoms with E-state index in [0.717, 1.165) is 19.3 Å². The summed E-state index contributed by atoms with van der Waals surface area (Å²) in [5.74, 6) is 0. The third-order valence-electron chi connectivity index (χ3n) is 1.58. The molecular weight excluding hydrogens is 140 g/mol. The van der Waals surface area contributed by atoms with Crippen molar-refractivity contribution >= 4 is 11.9 Å². The lowest BCUT2D eigenvalue weighted by Crippen LogP contribution is -2.15. The fourth-order valence-corrected chi connectivity index (χ4v) is 0.801. The van der Waals surface area contributed by atoms with Crippen LogP contribution in [-0.4, -0.2) is 23.1 Å². The Morgan fingerprint density at radius 1 is 1.55 bits per heavy atom. The van der Waals surface area contributed by atoms with Crippen LogP contribution in [0, 0.1) is 10.8 Å². The first-order chi connectivity index (χ1) is 5.18. The van der Waals surface area contributed by atoms with Crippen LogP contribution in [0.3, 0.4) is 0 Å². The van der Waals surface area contributed by atoms with Crippen molar-refractivity contribution < 1.29 is 5.11 Å². The van der Waals surface area contributed by atoms with E-state index in [1.165, 1.54) is 6.21 Å². The molecule has 0 heterocycles. The van der Waals surface area contributed by atoms with Gasteiger partial charge in [0.25, 0.3) is 0 Å². The second-order valence-corrected chi connectivity index (χ2v) is 2.69. The quantitative estimate of drug-likeness (QED) is 0.397. The highest BCUT2D eigenvalue weighted by Gasteiger charge is 2.04. The average Bonchev–Trinajstić information content (AvgIpc) is 1.97. The van der Waals surface area contributed by atoms with Crippen molar-refractivity contribution in [3.63, 3.8) is 0 Å². The third kappa shape index (κ3) is 5.73. The van der Waals surface area contributed by atoms with Gasteiger partial charge in [0.1, 0.15) is 0 Å². The molecule has 0 spiro atoms. The molecular formula is C8H16N2O. The minimum atomic E-state index is -0.569. The molecule has 0 saturated heterocycles. The van der Waals surface area contributed by atoms with Crippen molar-refractivity contribution in [2.24, 2.45) is 0 Å². The third-order valence-corrected chi connectivity index (χ3v) is 1.58. The molecule has 3 heteroatoms. The topological polar surface area (TPSA) is 67.9 Å². The van der Waals surface area contributed by atoms with Crippen LogP contribution in [0.25, 0.3) is 0 Å². The number of hydrogen-bond donors (Lipinski definition) is 3. The molecule has 3 N–H and O–H groups in total. The number of aliphatic hydroxyl groups excluding tert-OH is 1. The van der Waals surface area contributed by atoms with Gasteiger partial charge in [-0.05, 0) is 32.4 Å². The maximum absolute atomic E-state index is 9.14. The molecule has 0 rings (SSSR count). The van der Waals surface area contributed by atoms with Gasteiger partial charge >= 0.3 is 0 Å². The van der Waals surface area contributed by atoms with E-state index in [2.05, 4.69) is 0 Å². The predicted molar refractivity (Wildman–Crippen MR) is 46.7 cm³/mol. The Balaban J connectivity index is 3.24. The van der Waals surface area contributed by atoms with E-state index < -0.39 is 6.10 Å². The van der Waals surface area contributed by atoms with E-state index in [1.54, 1.807) is 6.92 Å². The lowest BCUT2D eigenvalue weighted by molar-refractivity contribution is 0.225. The monoisotopic (exact) mass is 156 g/mol. The van der Waals surface area contributed by atoms with Gasteiger partial charge in [0, 0.05) is 5.71 Å². The summed E-state index contributed by atoms with van der Waals surface area (Å²) >= 11 is 0. The van der Waals surface area contributed by atoms with Gasteiger partial charge in [-0.3, -0.25) is 0 Å². The molecule has 0 aromatic rings. The van der Waals surface area contributed by atoms with Crippen LogP contribution in [0.2, 0.25) is 0 Å². The Bertz CT molecular complexity index is 134. The molecule has 0 saturated carbocycles. The van der Waals surface area contributed by atoms with Crippen molar-refractivity contribution in [2.45, 2.75) is 38.7 Å². The van der Waals surface area contributed by atoms with Gasteiger partial charge in [-0.1, -0.05) is 6.42 Å². The van der Waals surface area contributed by atoms with Crippen molar-refractivity contribution in [1.29, 1.82) is 10.8 Å². The zero-order valence-electron chi connectivity index (χ0n) is 6.93. The number of aliphatic hydroxyl groups is 1. The molecule has 0 radical (unpaired) electrons. The number of rotatable bonds is 6. The maximum Gasteiger partial charge on any atom is 0.0911 e. The standard InChI is InChI=1S/C8H16N2O/c1-7(10)8(11)5-3-2-4-6-9/h6,8-11H,2-5H2,1H3. The fourth-order valence-electron chi connectivity index (χ4n) is 0.801. The molecule has 0 aliphatic carbocycles. The van der Waals surface area contributed by atoms with Gasteiger partial charge < -0.3 is 15.9 Å². The molecule has 0 aromatic heterocycles. The van der Waals surface area contributed by atoms with Gasteiger partial charge in [0.05, 0.1) is 6.10 Å². The first-order valence-electron chi connectivity index (χ1n) is 3.90. The number of unbranched alkanes of at least 4 members (excludes halogenated alkanes) is 2. The summed E-state index contributed by atoms with van der Waals surface area (Å²) in [6.45, 7) is 1.61. The molecule has 3 nitrogen and oxygen atoms in total. The summed E-state index contributed by atoms with van der Waals surface area (Å²) in [5.41, 5.74) is 0.333. The normalized spacial score (nSPS) is 12.5. The largest absolute Gasteiger partial charge is 0.387 e. The smallest absolute Gasteiger partial charge is 0.0911 e. The van der Waals surface area contributed by atoms with Crippen LogP contribution in [-0.2, 0) is 0 Å². The van der Waals surface area contributed by atoms with Crippen LogP contribution >= 0.6 is 0 Å². The Hall–Kier alpha value is -0.700. The SMILES string of the molecule is CC(=N)C(O)CCCCC=N. The van der Waals surface area contributed by atoms with Crippen LogP contribution in [0.4, 0.5) is 0 Å². The number of nitrogens with one attached hydrogen (secondary N) is 2. The highest BCUT2D eigenvalue weighted by molar-refractivity contribution is 5.82. The maximum atomic E-state index is 9.14. The zero-order valence-corrected chi connectivity index (χ0v) is 6.93. The minimum Gasteiger partial charge on any atom is -0.387 e. The fraction of sp³-hybridized carbons (Fsp3) is 0.750. The first kappa shape index (κ1) is 10.3. The molecule has 1 atom stereocenters. The van der Waals surface area contributed by atoms with Gasteiger partial charge in [-0.2, -0.15) is 0 Å². The Kier molecular flexibility index (Phi) is 5.65. The van der Waals surface area contributed by atoms with E-state index in [-0.39, 0.29) is 0 Å². The molecule has 1 unspecified atom stereocenters. The summed E-state index contributed by atoms with van der Waals surface area (Å²) < 4.78 is 0. The molecule has 0 fully saturated rings. The van der Waals surface area contributed by atoms with Crippen molar-refractivity contribution in [1.82, 2.24) is 0 Å². The lowest BCUT2D eigenvalue weighted by atomic mass is 10.1. The van der Waals surface area contributed by atoms with E-state index in [1.807, 2.05) is 0 Å². The first-order valence-corrected chi connectivity index (χ1v) is 3.90. The van der Waals surface area contributed by atoms with Crippen LogP contribution in [0.1, 0.15) is 32.6 Å². The van der Waals surface area contributed by atoms with E-state index in [4.69, 9.17) is 15.9 Å². The van der Waals surface area contributed by atoms with E-state index >= 15 is 0 Å². The summed E-state index contributed by atoms with van der Waals surface area (Å²) in [5, 5.41) is 23.0. The molecule has 0 aliphatic rings. The Morgan fingerprint density at radius 3 is 2.64 bits per heavy atom. The summed E-state index contributed by atoms with van der Waals surface area (Å²) in [6.07, 6.45) is 4.08. The zero-order chi connectivity index (χ0) is 8.69. The Morgan fingerprint density at radius 2 is 2.18 bits per heavy atom. The molecule has 0 aliphatic heterocycles. The van der Waals surface area contributed by atoms with Gasteiger partial charge in [0.2, 0.25) is 0 Å². The van der Waals surface area contributed by atoms with Gasteiger partial charge in [-0.25, -0.2) is 0 Å².